The maximum atomic E-state index is 12.0. The van der Waals surface area contributed by atoms with Crippen molar-refractivity contribution >= 4 is 5.91 Å². The van der Waals surface area contributed by atoms with E-state index in [9.17, 15) is 4.79 Å². The average Bonchev–Trinajstić information content (AvgIpc) is 2.27. The summed E-state index contributed by atoms with van der Waals surface area (Å²) in [5.41, 5.74) is 5.93. The van der Waals surface area contributed by atoms with Crippen molar-refractivity contribution in [1.82, 2.24) is 10.2 Å². The number of rotatable bonds is 5. The molecule has 3 N–H and O–H groups in total. The van der Waals surface area contributed by atoms with Crippen molar-refractivity contribution < 1.29 is 4.79 Å². The van der Waals surface area contributed by atoms with E-state index in [-0.39, 0.29) is 17.9 Å². The molecule has 1 saturated carbocycles. The molecule has 0 radical (unpaired) electrons. The summed E-state index contributed by atoms with van der Waals surface area (Å²) in [7, 11) is 4.09. The highest BCUT2D eigenvalue weighted by molar-refractivity contribution is 5.79. The lowest BCUT2D eigenvalue weighted by Crippen LogP contribution is -2.42. The third-order valence-electron chi connectivity index (χ3n) is 3.65. The molecule has 1 amide bonds. The zero-order valence-corrected chi connectivity index (χ0v) is 11.4. The van der Waals surface area contributed by atoms with Crippen molar-refractivity contribution in [2.24, 2.45) is 17.6 Å². The van der Waals surface area contributed by atoms with Crippen LogP contribution in [0.2, 0.25) is 0 Å². The van der Waals surface area contributed by atoms with Gasteiger partial charge in [0.15, 0.2) is 0 Å². The van der Waals surface area contributed by atoms with Gasteiger partial charge in [0.1, 0.15) is 0 Å². The van der Waals surface area contributed by atoms with E-state index >= 15 is 0 Å². The fourth-order valence-electron chi connectivity index (χ4n) is 2.46. The van der Waals surface area contributed by atoms with Crippen LogP contribution in [0.25, 0.3) is 0 Å². The maximum Gasteiger partial charge on any atom is 0.223 e. The summed E-state index contributed by atoms with van der Waals surface area (Å²) in [6.45, 7) is 3.95. The zero-order chi connectivity index (χ0) is 12.8. The topological polar surface area (TPSA) is 58.4 Å². The maximum absolute atomic E-state index is 12.0. The Morgan fingerprint density at radius 2 is 2.12 bits per heavy atom. The van der Waals surface area contributed by atoms with Crippen molar-refractivity contribution in [2.75, 3.05) is 27.2 Å². The molecule has 0 aromatic carbocycles. The average molecular weight is 241 g/mol. The van der Waals surface area contributed by atoms with Gasteiger partial charge in [0.25, 0.3) is 0 Å². The molecule has 0 aromatic heterocycles. The molecule has 1 rings (SSSR count). The molecule has 0 spiro atoms. The fraction of sp³-hybridized carbons (Fsp3) is 0.923. The normalized spacial score (nSPS) is 29.4. The second kappa shape index (κ2) is 6.97. The van der Waals surface area contributed by atoms with Crippen molar-refractivity contribution in [3.63, 3.8) is 0 Å². The number of carbonyl (C=O) groups is 1. The largest absolute Gasteiger partial charge is 0.356 e. The molecule has 17 heavy (non-hydrogen) atoms. The van der Waals surface area contributed by atoms with Crippen LogP contribution in [0.4, 0.5) is 0 Å². The third-order valence-corrected chi connectivity index (χ3v) is 3.65. The highest BCUT2D eigenvalue weighted by atomic mass is 16.1. The lowest BCUT2D eigenvalue weighted by Gasteiger charge is -2.31. The number of amides is 1. The van der Waals surface area contributed by atoms with Crippen LogP contribution in [-0.4, -0.2) is 44.0 Å². The van der Waals surface area contributed by atoms with Crippen molar-refractivity contribution in [3.05, 3.63) is 0 Å². The summed E-state index contributed by atoms with van der Waals surface area (Å²) in [5, 5.41) is 3.04. The third kappa shape index (κ3) is 5.04. The molecule has 1 aliphatic carbocycles. The highest BCUT2D eigenvalue weighted by Crippen LogP contribution is 2.29. The molecule has 0 aromatic rings. The minimum atomic E-state index is 0.123. The smallest absolute Gasteiger partial charge is 0.223 e. The second-order valence-corrected chi connectivity index (χ2v) is 5.60. The minimum Gasteiger partial charge on any atom is -0.356 e. The molecule has 0 aliphatic heterocycles. The van der Waals surface area contributed by atoms with Crippen LogP contribution in [0.3, 0.4) is 0 Å². The number of nitrogens with two attached hydrogens (primary N) is 1. The number of hydrogen-bond donors (Lipinski definition) is 2. The Hall–Kier alpha value is -0.610. The van der Waals surface area contributed by atoms with E-state index in [4.69, 9.17) is 5.73 Å². The Morgan fingerprint density at radius 1 is 1.41 bits per heavy atom. The Morgan fingerprint density at radius 3 is 2.76 bits per heavy atom. The van der Waals surface area contributed by atoms with Crippen LogP contribution in [0.1, 0.15) is 32.6 Å². The Kier molecular flexibility index (Phi) is 5.92. The lowest BCUT2D eigenvalue weighted by atomic mass is 9.78. The van der Waals surface area contributed by atoms with E-state index in [0.29, 0.717) is 5.92 Å². The monoisotopic (exact) mass is 241 g/mol. The van der Waals surface area contributed by atoms with Gasteiger partial charge in [0, 0.05) is 18.5 Å². The standard InChI is InChI=1S/C13H27N3O/c1-10-5-6-11(14)9-12(10)13(17)15-7-4-8-16(2)3/h10-12H,4-9,14H2,1-3H3,(H,15,17). The van der Waals surface area contributed by atoms with E-state index in [0.717, 1.165) is 38.8 Å². The Balaban J connectivity index is 2.26. The molecule has 3 atom stereocenters. The van der Waals surface area contributed by atoms with Gasteiger partial charge in [0.05, 0.1) is 0 Å². The van der Waals surface area contributed by atoms with E-state index < -0.39 is 0 Å². The van der Waals surface area contributed by atoms with Gasteiger partial charge in [-0.2, -0.15) is 0 Å². The van der Waals surface area contributed by atoms with Gasteiger partial charge in [-0.1, -0.05) is 6.92 Å². The summed E-state index contributed by atoms with van der Waals surface area (Å²) in [6.07, 6.45) is 4.00. The highest BCUT2D eigenvalue weighted by Gasteiger charge is 2.30. The fourth-order valence-corrected chi connectivity index (χ4v) is 2.46. The molecule has 0 heterocycles. The first-order chi connectivity index (χ1) is 8.00. The van der Waals surface area contributed by atoms with Gasteiger partial charge in [0.2, 0.25) is 5.91 Å². The predicted molar refractivity (Wildman–Crippen MR) is 70.7 cm³/mol. The lowest BCUT2D eigenvalue weighted by molar-refractivity contribution is -0.127. The predicted octanol–water partition coefficient (Wildman–Crippen LogP) is 0.818. The Labute approximate surface area is 105 Å². The van der Waals surface area contributed by atoms with Crippen molar-refractivity contribution in [1.29, 1.82) is 0 Å². The van der Waals surface area contributed by atoms with E-state index in [1.165, 1.54) is 0 Å². The second-order valence-electron chi connectivity index (χ2n) is 5.60. The molecule has 0 bridgehead atoms. The van der Waals surface area contributed by atoms with Crippen LogP contribution in [0.5, 0.6) is 0 Å². The van der Waals surface area contributed by atoms with Crippen molar-refractivity contribution in [2.45, 2.75) is 38.6 Å². The molecule has 0 saturated heterocycles. The molecule has 4 heteroatoms. The number of nitrogens with zero attached hydrogens (tertiary/aromatic N) is 1. The van der Waals surface area contributed by atoms with Crippen molar-refractivity contribution in [3.8, 4) is 0 Å². The number of nitrogens with one attached hydrogen (secondary N) is 1. The number of carbonyl (C=O) groups excluding carboxylic acids is 1. The minimum absolute atomic E-state index is 0.123. The summed E-state index contributed by atoms with van der Waals surface area (Å²) < 4.78 is 0. The molecule has 100 valence electrons. The zero-order valence-electron chi connectivity index (χ0n) is 11.4. The SMILES string of the molecule is CC1CCC(N)CC1C(=O)NCCCN(C)C. The summed E-state index contributed by atoms with van der Waals surface area (Å²) >= 11 is 0. The van der Waals surface area contributed by atoms with Gasteiger partial charge in [-0.05, 0) is 52.2 Å². The summed E-state index contributed by atoms with van der Waals surface area (Å²) in [5.74, 6) is 0.799. The number of hydrogen-bond acceptors (Lipinski definition) is 3. The van der Waals surface area contributed by atoms with Crippen LogP contribution in [0.15, 0.2) is 0 Å². The Bertz CT molecular complexity index is 243. The first kappa shape index (κ1) is 14.5. The van der Waals surface area contributed by atoms with Gasteiger partial charge in [-0.25, -0.2) is 0 Å². The molecule has 4 nitrogen and oxygen atoms in total. The van der Waals surface area contributed by atoms with E-state index in [1.807, 2.05) is 14.1 Å². The van der Waals surface area contributed by atoms with Gasteiger partial charge >= 0.3 is 0 Å². The summed E-state index contributed by atoms with van der Waals surface area (Å²) in [6, 6.07) is 0.212. The van der Waals surface area contributed by atoms with E-state index in [1.54, 1.807) is 0 Å². The van der Waals surface area contributed by atoms with E-state index in [2.05, 4.69) is 17.1 Å². The first-order valence-electron chi connectivity index (χ1n) is 6.68. The molecule has 1 aliphatic rings. The molecule has 3 unspecified atom stereocenters. The molecule has 1 fully saturated rings. The van der Waals surface area contributed by atoms with Gasteiger partial charge < -0.3 is 16.0 Å². The van der Waals surface area contributed by atoms with Crippen LogP contribution in [0, 0.1) is 11.8 Å². The van der Waals surface area contributed by atoms with Crippen LogP contribution in [-0.2, 0) is 4.79 Å². The van der Waals surface area contributed by atoms with Gasteiger partial charge in [-0.3, -0.25) is 4.79 Å². The quantitative estimate of drug-likeness (QED) is 0.701. The summed E-state index contributed by atoms with van der Waals surface area (Å²) in [4.78, 5) is 14.1. The van der Waals surface area contributed by atoms with Crippen LogP contribution < -0.4 is 11.1 Å². The van der Waals surface area contributed by atoms with Gasteiger partial charge in [-0.15, -0.1) is 0 Å². The first-order valence-corrected chi connectivity index (χ1v) is 6.68. The molecular weight excluding hydrogens is 214 g/mol. The van der Waals surface area contributed by atoms with Crippen LogP contribution >= 0.6 is 0 Å². The molecular formula is C13H27N3O.